The van der Waals surface area contributed by atoms with Crippen LogP contribution >= 0.6 is 0 Å². The van der Waals surface area contributed by atoms with Crippen LogP contribution in [-0.2, 0) is 22.3 Å². The van der Waals surface area contributed by atoms with Crippen LogP contribution in [0, 0.1) is 11.8 Å². The van der Waals surface area contributed by atoms with Crippen molar-refractivity contribution in [2.45, 2.75) is 57.3 Å². The first kappa shape index (κ1) is 18.5. The summed E-state index contributed by atoms with van der Waals surface area (Å²) in [6.45, 7) is 0.686. The van der Waals surface area contributed by atoms with Crippen LogP contribution in [0.3, 0.4) is 0 Å². The third-order valence-corrected chi connectivity index (χ3v) is 5.99. The second-order valence-electron chi connectivity index (χ2n) is 7.92. The van der Waals surface area contributed by atoms with Crippen molar-refractivity contribution in [3.05, 3.63) is 35.4 Å². The Hall–Kier alpha value is -1.89. The van der Waals surface area contributed by atoms with Gasteiger partial charge in [-0.3, -0.25) is 19.4 Å². The van der Waals surface area contributed by atoms with Crippen LogP contribution in [0.4, 0.5) is 13.2 Å². The number of hydrogen-bond acceptors (Lipinski definition) is 3. The average Bonchev–Trinajstić information content (AvgIpc) is 3.45. The first-order chi connectivity index (χ1) is 12.8. The minimum absolute atomic E-state index is 0.0669. The molecule has 4 nitrogen and oxygen atoms in total. The molecule has 1 aliphatic heterocycles. The minimum Gasteiger partial charge on any atom is -0.278 e. The largest absolute Gasteiger partial charge is 0.416 e. The van der Waals surface area contributed by atoms with Crippen LogP contribution in [0.2, 0.25) is 0 Å². The van der Waals surface area contributed by atoms with E-state index in [-0.39, 0.29) is 36.4 Å². The van der Waals surface area contributed by atoms with Crippen molar-refractivity contribution >= 4 is 11.8 Å². The van der Waals surface area contributed by atoms with E-state index in [4.69, 9.17) is 0 Å². The molecule has 0 unspecified atom stereocenters. The Labute approximate surface area is 156 Å². The van der Waals surface area contributed by atoms with Gasteiger partial charge in [0.25, 0.3) is 0 Å². The highest BCUT2D eigenvalue weighted by Gasteiger charge is 2.49. The number of halogens is 3. The number of likely N-dealkylation sites (tertiary alicyclic amines) is 1. The van der Waals surface area contributed by atoms with Gasteiger partial charge in [0.2, 0.25) is 11.8 Å². The zero-order chi connectivity index (χ0) is 19.2. The molecule has 0 radical (unpaired) electrons. The monoisotopic (exact) mass is 380 g/mol. The van der Waals surface area contributed by atoms with Gasteiger partial charge < -0.3 is 0 Å². The van der Waals surface area contributed by atoms with Gasteiger partial charge in [-0.15, -0.1) is 0 Å². The predicted molar refractivity (Wildman–Crippen MR) is 92.2 cm³/mol. The van der Waals surface area contributed by atoms with E-state index in [1.54, 1.807) is 0 Å². The zero-order valence-corrected chi connectivity index (χ0v) is 15.0. The number of imide groups is 1. The standard InChI is InChI=1S/C20H23F3N2O2/c21-20(22,23)14-7-5-13(6-8-14)11-24(15-9-10-15)12-25-18(26)16-3-1-2-4-17(16)19(25)27/h5-8,15-17H,1-4,9-12H2/t16-,17-/m1/s1. The van der Waals surface area contributed by atoms with Crippen LogP contribution in [0.5, 0.6) is 0 Å². The molecule has 1 saturated heterocycles. The number of amides is 2. The average molecular weight is 380 g/mol. The maximum atomic E-state index is 12.7. The van der Waals surface area contributed by atoms with E-state index in [1.807, 2.05) is 0 Å². The molecule has 0 spiro atoms. The van der Waals surface area contributed by atoms with Crippen molar-refractivity contribution in [2.75, 3.05) is 6.67 Å². The lowest BCUT2D eigenvalue weighted by Gasteiger charge is -2.27. The third kappa shape index (κ3) is 3.74. The van der Waals surface area contributed by atoms with Gasteiger partial charge in [0.1, 0.15) is 0 Å². The van der Waals surface area contributed by atoms with Crippen LogP contribution < -0.4 is 0 Å². The summed E-state index contributed by atoms with van der Waals surface area (Å²) in [7, 11) is 0. The molecule has 1 aromatic carbocycles. The van der Waals surface area contributed by atoms with Gasteiger partial charge in [0.15, 0.2) is 0 Å². The maximum Gasteiger partial charge on any atom is 0.416 e. The molecule has 0 aromatic heterocycles. The molecular weight excluding hydrogens is 357 g/mol. The lowest BCUT2D eigenvalue weighted by Crippen LogP contribution is -2.42. The number of carbonyl (C=O) groups is 2. The summed E-state index contributed by atoms with van der Waals surface area (Å²) in [5, 5.41) is 0. The molecule has 1 heterocycles. The molecule has 3 fully saturated rings. The number of rotatable bonds is 5. The van der Waals surface area contributed by atoms with Crippen LogP contribution in [0.15, 0.2) is 24.3 Å². The minimum atomic E-state index is -4.35. The first-order valence-electron chi connectivity index (χ1n) is 9.60. The fraction of sp³-hybridized carbons (Fsp3) is 0.600. The summed E-state index contributed by atoms with van der Waals surface area (Å²) < 4.78 is 38.2. The number of fused-ring (bicyclic) bond motifs is 1. The summed E-state index contributed by atoms with van der Waals surface area (Å²) in [6, 6.07) is 5.41. The van der Waals surface area contributed by atoms with Gasteiger partial charge in [-0.1, -0.05) is 25.0 Å². The Bertz CT molecular complexity index is 704. The number of benzene rings is 1. The number of nitrogens with zero attached hydrogens (tertiary/aromatic N) is 2. The molecule has 3 aliphatic rings. The van der Waals surface area contributed by atoms with Crippen molar-refractivity contribution in [1.29, 1.82) is 0 Å². The highest BCUT2D eigenvalue weighted by molar-refractivity contribution is 6.05. The fourth-order valence-electron chi connectivity index (χ4n) is 4.32. The summed E-state index contributed by atoms with van der Waals surface area (Å²) in [5.74, 6) is -0.470. The van der Waals surface area contributed by atoms with Crippen molar-refractivity contribution in [3.8, 4) is 0 Å². The normalized spacial score (nSPS) is 26.0. The topological polar surface area (TPSA) is 40.6 Å². The molecule has 0 N–H and O–H groups in total. The van der Waals surface area contributed by atoms with E-state index in [9.17, 15) is 22.8 Å². The van der Waals surface area contributed by atoms with Crippen LogP contribution in [-0.4, -0.2) is 34.3 Å². The zero-order valence-electron chi connectivity index (χ0n) is 15.0. The van der Waals surface area contributed by atoms with Gasteiger partial charge in [-0.2, -0.15) is 13.2 Å². The second kappa shape index (κ2) is 6.93. The fourth-order valence-corrected chi connectivity index (χ4v) is 4.32. The van der Waals surface area contributed by atoms with E-state index in [0.717, 1.165) is 56.2 Å². The van der Waals surface area contributed by atoms with Crippen molar-refractivity contribution in [2.24, 2.45) is 11.8 Å². The molecule has 0 bridgehead atoms. The highest BCUT2D eigenvalue weighted by atomic mass is 19.4. The second-order valence-corrected chi connectivity index (χ2v) is 7.92. The van der Waals surface area contributed by atoms with Crippen LogP contribution in [0.1, 0.15) is 49.7 Å². The summed E-state index contributed by atoms with van der Waals surface area (Å²) in [4.78, 5) is 28.8. The molecule has 7 heteroatoms. The molecule has 1 aromatic rings. The Morgan fingerprint density at radius 1 is 0.926 bits per heavy atom. The van der Waals surface area contributed by atoms with E-state index in [0.29, 0.717) is 6.54 Å². The molecule has 146 valence electrons. The van der Waals surface area contributed by atoms with E-state index < -0.39 is 11.7 Å². The lowest BCUT2D eigenvalue weighted by atomic mass is 9.81. The highest BCUT2D eigenvalue weighted by Crippen LogP contribution is 2.39. The SMILES string of the molecule is O=C1[C@@H]2CCCC[C@H]2C(=O)N1CN(Cc1ccc(C(F)(F)F)cc1)C1CC1. The predicted octanol–water partition coefficient (Wildman–Crippen LogP) is 3.80. The van der Waals surface area contributed by atoms with Crippen molar-refractivity contribution < 1.29 is 22.8 Å². The van der Waals surface area contributed by atoms with Crippen molar-refractivity contribution in [1.82, 2.24) is 9.80 Å². The quantitative estimate of drug-likeness (QED) is 0.730. The third-order valence-electron chi connectivity index (χ3n) is 5.99. The van der Waals surface area contributed by atoms with Gasteiger partial charge in [0.05, 0.1) is 24.1 Å². The Morgan fingerprint density at radius 2 is 1.48 bits per heavy atom. The number of carbonyl (C=O) groups excluding carboxylic acids is 2. The smallest absolute Gasteiger partial charge is 0.278 e. The number of alkyl halides is 3. The lowest BCUT2D eigenvalue weighted by molar-refractivity contribution is -0.143. The Balaban J connectivity index is 1.46. The Morgan fingerprint density at radius 3 is 1.96 bits per heavy atom. The van der Waals surface area contributed by atoms with Gasteiger partial charge in [-0.25, -0.2) is 0 Å². The van der Waals surface area contributed by atoms with E-state index in [2.05, 4.69) is 4.90 Å². The molecule has 2 aliphatic carbocycles. The van der Waals surface area contributed by atoms with Crippen molar-refractivity contribution in [3.63, 3.8) is 0 Å². The molecule has 2 atom stereocenters. The number of hydrogen-bond donors (Lipinski definition) is 0. The van der Waals surface area contributed by atoms with E-state index in [1.165, 1.54) is 17.0 Å². The Kier molecular flexibility index (Phi) is 4.74. The van der Waals surface area contributed by atoms with Gasteiger partial charge >= 0.3 is 6.18 Å². The van der Waals surface area contributed by atoms with Gasteiger partial charge in [0, 0.05) is 12.6 Å². The molecule has 2 saturated carbocycles. The molecule has 2 amide bonds. The van der Waals surface area contributed by atoms with Gasteiger partial charge in [-0.05, 0) is 43.4 Å². The summed E-state index contributed by atoms with van der Waals surface area (Å²) in [6.07, 6.45) is 1.19. The van der Waals surface area contributed by atoms with Crippen LogP contribution in [0.25, 0.3) is 0 Å². The van der Waals surface area contributed by atoms with E-state index >= 15 is 0 Å². The molecule has 27 heavy (non-hydrogen) atoms. The summed E-state index contributed by atoms with van der Waals surface area (Å²) >= 11 is 0. The molecular formula is C20H23F3N2O2. The molecule has 4 rings (SSSR count). The summed E-state index contributed by atoms with van der Waals surface area (Å²) in [5.41, 5.74) is 0.0876. The first-order valence-corrected chi connectivity index (χ1v) is 9.60. The maximum absolute atomic E-state index is 12.7.